The van der Waals surface area contributed by atoms with Gasteiger partial charge in [-0.15, -0.1) is 4.13 Å². The first-order valence-electron chi connectivity index (χ1n) is 5.69. The zero-order chi connectivity index (χ0) is 14.9. The summed E-state index contributed by atoms with van der Waals surface area (Å²) in [7, 11) is -3.63. The third kappa shape index (κ3) is 2.77. The zero-order valence-corrected chi connectivity index (χ0v) is 12.6. The molecule has 0 fully saturated rings. The summed E-state index contributed by atoms with van der Waals surface area (Å²) in [6, 6.07) is 9.99. The number of anilines is 1. The molecule has 0 atom stereocenters. The van der Waals surface area contributed by atoms with Crippen molar-refractivity contribution in [2.45, 2.75) is 4.90 Å². The van der Waals surface area contributed by atoms with E-state index in [1.165, 1.54) is 6.07 Å². The number of hydrogen-bond acceptors (Lipinski definition) is 5. The monoisotopic (exact) mass is 314 g/mol. The van der Waals surface area contributed by atoms with Crippen molar-refractivity contribution in [3.63, 3.8) is 0 Å². The molecule has 108 valence electrons. The van der Waals surface area contributed by atoms with Gasteiger partial charge in [-0.1, -0.05) is 24.3 Å². The van der Waals surface area contributed by atoms with Crippen molar-refractivity contribution in [2.24, 2.45) is 0 Å². The van der Waals surface area contributed by atoms with E-state index in [4.69, 9.17) is 0 Å². The van der Waals surface area contributed by atoms with Crippen molar-refractivity contribution in [1.29, 1.82) is 0 Å². The van der Waals surface area contributed by atoms with E-state index in [9.17, 15) is 16.8 Å². The lowest BCUT2D eigenvalue weighted by molar-refractivity contribution is 0.586. The van der Waals surface area contributed by atoms with Crippen molar-refractivity contribution in [1.82, 2.24) is 4.13 Å². The van der Waals surface area contributed by atoms with Crippen LogP contribution in [0.3, 0.4) is 0 Å². The Hall–Kier alpha value is -1.64. The first-order valence-corrected chi connectivity index (χ1v) is 8.35. The summed E-state index contributed by atoms with van der Waals surface area (Å²) in [5.41, 5.74) is 0.853. The van der Waals surface area contributed by atoms with E-state index in [2.05, 4.69) is 0 Å². The van der Waals surface area contributed by atoms with Gasteiger partial charge in [0.25, 0.3) is 10.0 Å². The Kier molecular flexibility index (Phi) is 3.98. The van der Waals surface area contributed by atoms with Gasteiger partial charge >= 0.3 is 0 Å². The summed E-state index contributed by atoms with van der Waals surface area (Å²) in [5, 5.41) is 1.21. The maximum absolute atomic E-state index is 12.0. The lowest BCUT2D eigenvalue weighted by atomic mass is 10.1. The van der Waals surface area contributed by atoms with Gasteiger partial charge in [-0.2, -0.15) is 0 Å². The zero-order valence-electron chi connectivity index (χ0n) is 10.9. The summed E-state index contributed by atoms with van der Waals surface area (Å²) in [5.74, 6) is 0. The molecule has 0 radical (unpaired) electrons. The van der Waals surface area contributed by atoms with Gasteiger partial charge in [0.05, 0.1) is 4.90 Å². The molecule has 0 spiro atoms. The van der Waals surface area contributed by atoms with Crippen LogP contribution in [0.15, 0.2) is 41.3 Å². The van der Waals surface area contributed by atoms with Crippen molar-refractivity contribution in [2.75, 3.05) is 19.0 Å². The lowest BCUT2D eigenvalue weighted by Gasteiger charge is -2.16. The third-order valence-corrected chi connectivity index (χ3v) is 5.32. The highest BCUT2D eigenvalue weighted by Crippen LogP contribution is 2.29. The Morgan fingerprint density at radius 1 is 1.00 bits per heavy atom. The summed E-state index contributed by atoms with van der Waals surface area (Å²) in [6.07, 6.45) is 0. The molecule has 0 aliphatic rings. The maximum atomic E-state index is 12.0. The minimum absolute atomic E-state index is 0.0575. The topological polar surface area (TPSA) is 83.6 Å². The number of rotatable bonds is 4. The summed E-state index contributed by atoms with van der Waals surface area (Å²) in [4.78, 5) is 1.80. The Morgan fingerprint density at radius 2 is 1.60 bits per heavy atom. The van der Waals surface area contributed by atoms with Crippen molar-refractivity contribution in [3.8, 4) is 0 Å². The Bertz CT molecular complexity index is 818. The highest BCUT2D eigenvalue weighted by atomic mass is 32.3. The molecule has 0 aliphatic carbocycles. The first kappa shape index (κ1) is 14.8. The van der Waals surface area contributed by atoms with E-state index in [-0.39, 0.29) is 4.90 Å². The molecule has 2 aromatic rings. The standard InChI is InChI=1S/C12H14N2O4S2/c1-14(2)11-7-3-6-10-9(11)5-4-8-12(10)20(17,18)13-19(15)16/h3-8,19H,1-2H3,(H,13,15,16). The van der Waals surface area contributed by atoms with E-state index >= 15 is 0 Å². The number of thiol groups is 1. The van der Waals surface area contributed by atoms with Crippen LogP contribution >= 0.6 is 0 Å². The first-order chi connectivity index (χ1) is 9.33. The fourth-order valence-corrected chi connectivity index (χ4v) is 3.94. The molecule has 6 nitrogen and oxygen atoms in total. The molecule has 0 saturated carbocycles. The Balaban J connectivity index is 2.77. The quantitative estimate of drug-likeness (QED) is 0.812. The molecule has 1 N–H and O–H groups in total. The Labute approximate surface area is 119 Å². The fraction of sp³-hybridized carbons (Fsp3) is 0.167. The molecule has 2 aromatic carbocycles. The van der Waals surface area contributed by atoms with Gasteiger partial charge in [0.15, 0.2) is 0 Å². The van der Waals surface area contributed by atoms with Gasteiger partial charge < -0.3 is 4.90 Å². The van der Waals surface area contributed by atoms with Crippen molar-refractivity contribution in [3.05, 3.63) is 36.4 Å². The van der Waals surface area contributed by atoms with Gasteiger partial charge in [0.1, 0.15) is 0 Å². The largest absolute Gasteiger partial charge is 0.377 e. The predicted octanol–water partition coefficient (Wildman–Crippen LogP) is 0.710. The van der Waals surface area contributed by atoms with Crippen LogP contribution in [0, 0.1) is 0 Å². The smallest absolute Gasteiger partial charge is 0.253 e. The molecule has 0 heterocycles. The average molecular weight is 314 g/mol. The van der Waals surface area contributed by atoms with Crippen molar-refractivity contribution >= 4 is 37.4 Å². The number of benzene rings is 2. The van der Waals surface area contributed by atoms with Crippen LogP contribution in [0.1, 0.15) is 0 Å². The van der Waals surface area contributed by atoms with Crippen LogP contribution in [0.5, 0.6) is 0 Å². The average Bonchev–Trinajstić information content (AvgIpc) is 2.35. The van der Waals surface area contributed by atoms with Crippen LogP contribution in [-0.2, 0) is 20.9 Å². The molecule has 2 rings (SSSR count). The highest BCUT2D eigenvalue weighted by molar-refractivity contribution is 7.98. The molecule has 0 bridgehead atoms. The summed E-state index contributed by atoms with van der Waals surface area (Å²) >= 11 is 0. The molecular weight excluding hydrogens is 300 g/mol. The second-order valence-electron chi connectivity index (χ2n) is 4.37. The van der Waals surface area contributed by atoms with Gasteiger partial charge in [0.2, 0.25) is 10.9 Å². The number of fused-ring (bicyclic) bond motifs is 1. The highest BCUT2D eigenvalue weighted by Gasteiger charge is 2.18. The molecule has 8 heteroatoms. The second-order valence-corrected chi connectivity index (χ2v) is 7.07. The predicted molar refractivity (Wildman–Crippen MR) is 78.9 cm³/mol. The SMILES string of the molecule is CN(C)c1cccc2c(S(=O)(=O)N[SH](=O)=O)cccc12. The Morgan fingerprint density at radius 3 is 2.20 bits per heavy atom. The maximum Gasteiger partial charge on any atom is 0.253 e. The van der Waals surface area contributed by atoms with Crippen LogP contribution < -0.4 is 9.03 Å². The second kappa shape index (κ2) is 5.39. The van der Waals surface area contributed by atoms with Crippen LogP contribution in [-0.4, -0.2) is 30.9 Å². The fourth-order valence-electron chi connectivity index (χ4n) is 2.04. The molecule has 0 unspecified atom stereocenters. The number of nitrogens with one attached hydrogen (secondary N) is 1. The molecular formula is C12H14N2O4S2. The van der Waals surface area contributed by atoms with Gasteiger partial charge in [-0.05, 0) is 12.1 Å². The van der Waals surface area contributed by atoms with E-state index in [0.29, 0.717) is 5.39 Å². The molecule has 0 amide bonds. The summed E-state index contributed by atoms with van der Waals surface area (Å²) in [6.45, 7) is 0. The van der Waals surface area contributed by atoms with Crippen LogP contribution in [0.2, 0.25) is 0 Å². The molecule has 0 aliphatic heterocycles. The minimum Gasteiger partial charge on any atom is -0.377 e. The van der Waals surface area contributed by atoms with Crippen molar-refractivity contribution < 1.29 is 16.8 Å². The van der Waals surface area contributed by atoms with E-state index < -0.39 is 20.9 Å². The third-order valence-electron chi connectivity index (χ3n) is 2.83. The lowest BCUT2D eigenvalue weighted by Crippen LogP contribution is -2.22. The van der Waals surface area contributed by atoms with E-state index in [0.717, 1.165) is 11.1 Å². The molecule has 20 heavy (non-hydrogen) atoms. The normalized spacial score (nSPS) is 11.9. The van der Waals surface area contributed by atoms with E-state index in [1.54, 1.807) is 28.4 Å². The summed E-state index contributed by atoms with van der Waals surface area (Å²) < 4.78 is 46.9. The van der Waals surface area contributed by atoms with Crippen LogP contribution in [0.25, 0.3) is 10.8 Å². The number of hydrogen-bond donors (Lipinski definition) is 2. The van der Waals surface area contributed by atoms with Gasteiger partial charge in [0, 0.05) is 30.6 Å². The number of nitrogens with zero attached hydrogens (tertiary/aromatic N) is 1. The van der Waals surface area contributed by atoms with E-state index in [1.807, 2.05) is 25.1 Å². The van der Waals surface area contributed by atoms with Gasteiger partial charge in [-0.25, -0.2) is 16.8 Å². The number of sulfonamides is 1. The van der Waals surface area contributed by atoms with Gasteiger partial charge in [-0.3, -0.25) is 0 Å². The van der Waals surface area contributed by atoms with Crippen LogP contribution in [0.4, 0.5) is 5.69 Å². The molecule has 0 aromatic heterocycles. The molecule has 0 saturated heterocycles. The minimum atomic E-state index is -4.09.